The van der Waals surface area contributed by atoms with Crippen LogP contribution in [0.5, 0.6) is 0 Å². The zero-order valence-electron chi connectivity index (χ0n) is 9.94. The van der Waals surface area contributed by atoms with Crippen molar-refractivity contribution in [1.82, 2.24) is 0 Å². The van der Waals surface area contributed by atoms with E-state index in [2.05, 4.69) is 35.2 Å². The molecule has 19 heavy (non-hydrogen) atoms. The molecule has 0 N–H and O–H groups in total. The summed E-state index contributed by atoms with van der Waals surface area (Å²) >= 11 is 6.32. The number of alkyl halides is 1. The predicted molar refractivity (Wildman–Crippen MR) is 89.2 cm³/mol. The SMILES string of the molecule is O=[N+]([O-])C1C(S)=CC=CC1(I)C=Cc1ccccc1. The molecule has 0 bridgehead atoms. The van der Waals surface area contributed by atoms with Gasteiger partial charge in [-0.15, -0.1) is 12.6 Å². The third-order valence-electron chi connectivity index (χ3n) is 2.86. The molecule has 3 nitrogen and oxygen atoms in total. The van der Waals surface area contributed by atoms with Gasteiger partial charge in [0.2, 0.25) is 0 Å². The first-order chi connectivity index (χ1) is 9.03. The average Bonchev–Trinajstić information content (AvgIpc) is 2.37. The Morgan fingerprint density at radius 2 is 2.05 bits per heavy atom. The molecule has 5 heteroatoms. The molecule has 0 fully saturated rings. The monoisotopic (exact) mass is 385 g/mol. The lowest BCUT2D eigenvalue weighted by Crippen LogP contribution is -2.40. The van der Waals surface area contributed by atoms with Gasteiger partial charge in [0.15, 0.2) is 0 Å². The molecule has 1 aliphatic carbocycles. The summed E-state index contributed by atoms with van der Waals surface area (Å²) in [6, 6.07) is 8.88. The molecule has 0 amide bonds. The second-order valence-corrected chi connectivity index (χ2v) is 6.59. The zero-order valence-corrected chi connectivity index (χ0v) is 13.0. The molecule has 0 heterocycles. The number of rotatable bonds is 3. The van der Waals surface area contributed by atoms with Gasteiger partial charge in [-0.05, 0) is 11.6 Å². The highest BCUT2D eigenvalue weighted by atomic mass is 127. The van der Waals surface area contributed by atoms with Gasteiger partial charge in [-0.1, -0.05) is 77.2 Å². The number of halogens is 1. The molecule has 0 aliphatic heterocycles. The van der Waals surface area contributed by atoms with Gasteiger partial charge < -0.3 is 0 Å². The Bertz CT molecular complexity index is 568. The summed E-state index contributed by atoms with van der Waals surface area (Å²) in [6.45, 7) is 0. The van der Waals surface area contributed by atoms with E-state index in [0.29, 0.717) is 4.91 Å². The number of nitrogens with zero attached hydrogens (tertiary/aromatic N) is 1. The van der Waals surface area contributed by atoms with Gasteiger partial charge in [-0.25, -0.2) is 0 Å². The van der Waals surface area contributed by atoms with Crippen LogP contribution in [0.15, 0.2) is 59.5 Å². The van der Waals surface area contributed by atoms with Crippen molar-refractivity contribution < 1.29 is 4.92 Å². The molecule has 0 radical (unpaired) electrons. The van der Waals surface area contributed by atoms with E-state index in [0.717, 1.165) is 5.56 Å². The topological polar surface area (TPSA) is 43.1 Å². The van der Waals surface area contributed by atoms with Crippen molar-refractivity contribution in [2.75, 3.05) is 0 Å². The first kappa shape index (κ1) is 14.3. The summed E-state index contributed by atoms with van der Waals surface area (Å²) in [6.07, 6.45) is 9.07. The van der Waals surface area contributed by atoms with E-state index in [1.165, 1.54) is 0 Å². The van der Waals surface area contributed by atoms with E-state index in [1.807, 2.05) is 54.6 Å². The Labute approximate surface area is 130 Å². The minimum absolute atomic E-state index is 0.288. The molecular formula is C14H12INO2S. The summed E-state index contributed by atoms with van der Waals surface area (Å²) in [5.74, 6) is 0. The molecule has 0 saturated heterocycles. The Kier molecular flexibility index (Phi) is 4.46. The van der Waals surface area contributed by atoms with E-state index >= 15 is 0 Å². The van der Waals surface area contributed by atoms with Crippen molar-refractivity contribution in [3.63, 3.8) is 0 Å². The van der Waals surface area contributed by atoms with Crippen LogP contribution in [0.1, 0.15) is 5.56 Å². The van der Waals surface area contributed by atoms with E-state index in [9.17, 15) is 10.1 Å². The Morgan fingerprint density at radius 3 is 2.68 bits per heavy atom. The third kappa shape index (κ3) is 3.27. The van der Waals surface area contributed by atoms with Crippen LogP contribution in [0.4, 0.5) is 0 Å². The van der Waals surface area contributed by atoms with E-state index < -0.39 is 9.46 Å². The fourth-order valence-electron chi connectivity index (χ4n) is 1.91. The maximum atomic E-state index is 11.2. The standard InChI is InChI=1S/C14H12INO2S/c15-14(10-8-11-5-2-1-3-6-11)9-4-7-12(19)13(14)16(17)18/h1-10,13,19H. The van der Waals surface area contributed by atoms with Gasteiger partial charge in [0, 0.05) is 4.92 Å². The third-order valence-corrected chi connectivity index (χ3v) is 4.56. The minimum atomic E-state index is -0.846. The number of allylic oxidation sites excluding steroid dienone is 2. The smallest absolute Gasteiger partial charge is 0.264 e. The Balaban J connectivity index is 2.31. The normalized spacial score (nSPS) is 26.4. The summed E-state index contributed by atoms with van der Waals surface area (Å²) < 4.78 is -0.692. The van der Waals surface area contributed by atoms with Crippen LogP contribution in [0.3, 0.4) is 0 Å². The summed E-state index contributed by atoms with van der Waals surface area (Å²) in [5, 5.41) is 11.2. The molecule has 98 valence electrons. The van der Waals surface area contributed by atoms with Crippen molar-refractivity contribution in [1.29, 1.82) is 0 Å². The fourth-order valence-corrected chi connectivity index (χ4v) is 3.50. The Hall–Kier alpha value is -1.08. The van der Waals surface area contributed by atoms with Gasteiger partial charge in [-0.2, -0.15) is 0 Å². The van der Waals surface area contributed by atoms with Crippen LogP contribution in [-0.4, -0.2) is 14.4 Å². The molecule has 1 aromatic carbocycles. The number of benzene rings is 1. The number of hydrogen-bond acceptors (Lipinski definition) is 3. The van der Waals surface area contributed by atoms with Crippen LogP contribution in [-0.2, 0) is 0 Å². The number of thiol groups is 1. The summed E-state index contributed by atoms with van der Waals surface area (Å²) in [5.41, 5.74) is 1.02. The first-order valence-corrected chi connectivity index (χ1v) is 7.20. The number of hydrogen-bond donors (Lipinski definition) is 1. The van der Waals surface area contributed by atoms with Crippen LogP contribution in [0.25, 0.3) is 6.08 Å². The molecule has 1 aliphatic rings. The minimum Gasteiger partial charge on any atom is -0.264 e. The maximum absolute atomic E-state index is 11.2. The first-order valence-electron chi connectivity index (χ1n) is 5.68. The predicted octanol–water partition coefficient (Wildman–Crippen LogP) is 3.90. The van der Waals surface area contributed by atoms with Crippen LogP contribution in [0, 0.1) is 10.1 Å². The van der Waals surface area contributed by atoms with E-state index in [4.69, 9.17) is 0 Å². The summed E-state index contributed by atoms with van der Waals surface area (Å²) in [4.78, 5) is 11.4. The van der Waals surface area contributed by atoms with Crippen molar-refractivity contribution >= 4 is 41.3 Å². The molecule has 2 atom stereocenters. The zero-order chi connectivity index (χ0) is 13.9. The van der Waals surface area contributed by atoms with E-state index in [-0.39, 0.29) is 4.92 Å². The molecule has 0 aromatic heterocycles. The largest absolute Gasteiger partial charge is 0.264 e. The second kappa shape index (κ2) is 5.92. The Morgan fingerprint density at radius 1 is 1.37 bits per heavy atom. The molecule has 0 spiro atoms. The highest BCUT2D eigenvalue weighted by molar-refractivity contribution is 14.1. The fraction of sp³-hybridized carbons (Fsp3) is 0.143. The van der Waals surface area contributed by atoms with Gasteiger partial charge in [-0.3, -0.25) is 10.1 Å². The molecule has 2 unspecified atom stereocenters. The maximum Gasteiger partial charge on any atom is 0.264 e. The molecule has 2 rings (SSSR count). The molecule has 1 aromatic rings. The second-order valence-electron chi connectivity index (χ2n) is 4.21. The van der Waals surface area contributed by atoms with Gasteiger partial charge in [0.1, 0.15) is 3.42 Å². The lowest BCUT2D eigenvalue weighted by molar-refractivity contribution is -0.511. The van der Waals surface area contributed by atoms with Crippen molar-refractivity contribution in [2.45, 2.75) is 9.46 Å². The quantitative estimate of drug-likeness (QED) is 0.282. The van der Waals surface area contributed by atoms with Crippen molar-refractivity contribution in [2.24, 2.45) is 0 Å². The van der Waals surface area contributed by atoms with Crippen molar-refractivity contribution in [3.05, 3.63) is 75.2 Å². The van der Waals surface area contributed by atoms with Crippen molar-refractivity contribution in [3.8, 4) is 0 Å². The van der Waals surface area contributed by atoms with Crippen LogP contribution in [0.2, 0.25) is 0 Å². The van der Waals surface area contributed by atoms with Gasteiger partial charge >= 0.3 is 0 Å². The summed E-state index contributed by atoms with van der Waals surface area (Å²) in [7, 11) is 0. The lowest BCUT2D eigenvalue weighted by Gasteiger charge is -2.26. The van der Waals surface area contributed by atoms with Crippen LogP contribution >= 0.6 is 35.2 Å². The average molecular weight is 385 g/mol. The van der Waals surface area contributed by atoms with E-state index in [1.54, 1.807) is 6.08 Å². The molecular weight excluding hydrogens is 373 g/mol. The lowest BCUT2D eigenvalue weighted by atomic mass is 9.94. The number of nitro groups is 1. The highest BCUT2D eigenvalue weighted by Gasteiger charge is 2.44. The van der Waals surface area contributed by atoms with Gasteiger partial charge in [0.25, 0.3) is 6.04 Å². The van der Waals surface area contributed by atoms with Gasteiger partial charge in [0.05, 0.1) is 4.91 Å². The van der Waals surface area contributed by atoms with Crippen LogP contribution < -0.4 is 0 Å². The highest BCUT2D eigenvalue weighted by Crippen LogP contribution is 2.37. The molecule has 0 saturated carbocycles.